The molecule has 0 aliphatic rings. The monoisotopic (exact) mass is 216 g/mol. The van der Waals surface area contributed by atoms with E-state index < -0.39 is 5.60 Å². The number of likely N-dealkylation sites (N-methyl/N-ethyl adjacent to an activating group) is 1. The topological polar surface area (TPSA) is 52.6 Å². The van der Waals surface area contributed by atoms with Crippen molar-refractivity contribution in [2.24, 2.45) is 5.92 Å². The van der Waals surface area contributed by atoms with E-state index in [1.807, 2.05) is 20.8 Å². The van der Waals surface area contributed by atoms with E-state index in [1.165, 1.54) is 0 Å². The minimum Gasteiger partial charge on any atom is -0.389 e. The Bertz CT molecular complexity index is 197. The highest BCUT2D eigenvalue weighted by atomic mass is 16.3. The highest BCUT2D eigenvalue weighted by Crippen LogP contribution is 2.04. The molecule has 4 nitrogen and oxygen atoms in total. The summed E-state index contributed by atoms with van der Waals surface area (Å²) in [5, 5.41) is 12.5. The third-order valence-corrected chi connectivity index (χ3v) is 1.91. The minimum absolute atomic E-state index is 0.103. The molecule has 0 fully saturated rings. The van der Waals surface area contributed by atoms with Crippen LogP contribution in [0.5, 0.6) is 0 Å². The highest BCUT2D eigenvalue weighted by molar-refractivity contribution is 5.74. The maximum atomic E-state index is 11.7. The van der Waals surface area contributed by atoms with Gasteiger partial charge in [0, 0.05) is 13.1 Å². The lowest BCUT2D eigenvalue weighted by atomic mass is 10.1. The maximum Gasteiger partial charge on any atom is 0.317 e. The molecular weight excluding hydrogens is 192 g/mol. The first-order valence-electron chi connectivity index (χ1n) is 5.51. The number of carbonyl (C=O) groups excluding carboxylic acids is 1. The second-order valence-corrected chi connectivity index (χ2v) is 4.91. The molecule has 0 aromatic carbocycles. The Morgan fingerprint density at radius 1 is 1.47 bits per heavy atom. The first-order valence-corrected chi connectivity index (χ1v) is 5.51. The van der Waals surface area contributed by atoms with Gasteiger partial charge in [-0.3, -0.25) is 0 Å². The quantitative estimate of drug-likeness (QED) is 0.730. The summed E-state index contributed by atoms with van der Waals surface area (Å²) >= 11 is 0. The Morgan fingerprint density at radius 3 is 2.33 bits per heavy atom. The van der Waals surface area contributed by atoms with Crippen molar-refractivity contribution in [2.45, 2.75) is 40.2 Å². The summed E-state index contributed by atoms with van der Waals surface area (Å²) in [5.41, 5.74) is -0.842. The van der Waals surface area contributed by atoms with Gasteiger partial charge in [0.05, 0.1) is 12.1 Å². The van der Waals surface area contributed by atoms with Gasteiger partial charge in [0.1, 0.15) is 0 Å². The van der Waals surface area contributed by atoms with Gasteiger partial charge >= 0.3 is 6.03 Å². The zero-order chi connectivity index (χ0) is 12.1. The normalized spacial score (nSPS) is 11.7. The smallest absolute Gasteiger partial charge is 0.317 e. The number of carbonyl (C=O) groups is 1. The zero-order valence-corrected chi connectivity index (χ0v) is 10.5. The summed E-state index contributed by atoms with van der Waals surface area (Å²) < 4.78 is 0. The van der Waals surface area contributed by atoms with Gasteiger partial charge in [-0.15, -0.1) is 0 Å². The van der Waals surface area contributed by atoms with Crippen LogP contribution in [-0.4, -0.2) is 41.3 Å². The molecule has 0 radical (unpaired) electrons. The van der Waals surface area contributed by atoms with Crippen LogP contribution in [-0.2, 0) is 0 Å². The number of hydrogen-bond acceptors (Lipinski definition) is 2. The van der Waals surface area contributed by atoms with Crippen molar-refractivity contribution >= 4 is 6.03 Å². The summed E-state index contributed by atoms with van der Waals surface area (Å²) in [7, 11) is 0. The molecule has 2 amide bonds. The molecule has 0 aliphatic carbocycles. The van der Waals surface area contributed by atoms with Gasteiger partial charge in [0.25, 0.3) is 0 Å². The lowest BCUT2D eigenvalue weighted by Gasteiger charge is -2.28. The molecule has 0 aromatic heterocycles. The van der Waals surface area contributed by atoms with Crippen LogP contribution in [0.4, 0.5) is 4.79 Å². The molecule has 0 bridgehead atoms. The van der Waals surface area contributed by atoms with Crippen molar-refractivity contribution in [3.05, 3.63) is 0 Å². The van der Waals surface area contributed by atoms with Gasteiger partial charge in [-0.1, -0.05) is 13.8 Å². The van der Waals surface area contributed by atoms with E-state index in [0.29, 0.717) is 25.6 Å². The lowest BCUT2D eigenvalue weighted by molar-refractivity contribution is 0.0479. The molecule has 4 heteroatoms. The summed E-state index contributed by atoms with van der Waals surface area (Å²) in [6.07, 6.45) is 0. The Balaban J connectivity index is 4.11. The average molecular weight is 216 g/mol. The molecule has 0 atom stereocenters. The molecule has 0 heterocycles. The van der Waals surface area contributed by atoms with Crippen molar-refractivity contribution in [3.8, 4) is 0 Å². The fourth-order valence-corrected chi connectivity index (χ4v) is 1.20. The van der Waals surface area contributed by atoms with E-state index in [2.05, 4.69) is 5.32 Å². The standard InChI is InChI=1S/C11H24N2O2/c1-6-13(8-11(4,5)15)10(14)12-7-9(2)3/h9,15H,6-8H2,1-5H3,(H,12,14). The largest absolute Gasteiger partial charge is 0.389 e. The molecule has 0 aromatic rings. The average Bonchev–Trinajstić information content (AvgIpc) is 2.08. The van der Waals surface area contributed by atoms with Crippen molar-refractivity contribution < 1.29 is 9.90 Å². The van der Waals surface area contributed by atoms with Gasteiger partial charge in [0.2, 0.25) is 0 Å². The number of nitrogens with one attached hydrogen (secondary N) is 1. The third-order valence-electron chi connectivity index (χ3n) is 1.91. The SMILES string of the molecule is CCN(CC(C)(C)O)C(=O)NCC(C)C. The van der Waals surface area contributed by atoms with Crippen molar-refractivity contribution in [2.75, 3.05) is 19.6 Å². The van der Waals surface area contributed by atoms with Gasteiger partial charge < -0.3 is 15.3 Å². The van der Waals surface area contributed by atoms with Crippen LogP contribution in [0.1, 0.15) is 34.6 Å². The van der Waals surface area contributed by atoms with E-state index >= 15 is 0 Å². The molecule has 15 heavy (non-hydrogen) atoms. The molecule has 0 aliphatic heterocycles. The first kappa shape index (κ1) is 14.2. The fourth-order valence-electron chi connectivity index (χ4n) is 1.20. The molecule has 0 unspecified atom stereocenters. The van der Waals surface area contributed by atoms with Gasteiger partial charge in [0.15, 0.2) is 0 Å². The number of rotatable bonds is 5. The van der Waals surface area contributed by atoms with Crippen LogP contribution in [0.3, 0.4) is 0 Å². The summed E-state index contributed by atoms with van der Waals surface area (Å²) in [4.78, 5) is 13.3. The summed E-state index contributed by atoms with van der Waals surface area (Å²) in [6, 6.07) is -0.103. The third kappa shape index (κ3) is 7.19. The van der Waals surface area contributed by atoms with Crippen LogP contribution < -0.4 is 5.32 Å². The molecule has 0 saturated carbocycles. The second kappa shape index (κ2) is 5.95. The fraction of sp³-hybridized carbons (Fsp3) is 0.909. The number of hydrogen-bond donors (Lipinski definition) is 2. The second-order valence-electron chi connectivity index (χ2n) is 4.91. The minimum atomic E-state index is -0.842. The van der Waals surface area contributed by atoms with Crippen LogP contribution in [0.2, 0.25) is 0 Å². The number of urea groups is 1. The van der Waals surface area contributed by atoms with E-state index in [-0.39, 0.29) is 6.03 Å². The number of amides is 2. The highest BCUT2D eigenvalue weighted by Gasteiger charge is 2.20. The van der Waals surface area contributed by atoms with Gasteiger partial charge in [-0.05, 0) is 26.7 Å². The molecular formula is C11H24N2O2. The van der Waals surface area contributed by atoms with E-state index in [1.54, 1.807) is 18.7 Å². The van der Waals surface area contributed by atoms with E-state index in [9.17, 15) is 9.90 Å². The molecule has 2 N–H and O–H groups in total. The van der Waals surface area contributed by atoms with Gasteiger partial charge in [-0.25, -0.2) is 4.79 Å². The first-order chi connectivity index (χ1) is 6.76. The van der Waals surface area contributed by atoms with Crippen LogP contribution in [0.15, 0.2) is 0 Å². The number of nitrogens with zero attached hydrogens (tertiary/aromatic N) is 1. The number of aliphatic hydroxyl groups is 1. The maximum absolute atomic E-state index is 11.7. The predicted molar refractivity (Wildman–Crippen MR) is 61.8 cm³/mol. The Kier molecular flexibility index (Phi) is 5.65. The molecule has 90 valence electrons. The molecule has 0 saturated heterocycles. The van der Waals surface area contributed by atoms with Crippen molar-refractivity contribution in [1.82, 2.24) is 10.2 Å². The van der Waals surface area contributed by atoms with Crippen LogP contribution in [0, 0.1) is 5.92 Å². The van der Waals surface area contributed by atoms with Crippen LogP contribution >= 0.6 is 0 Å². The predicted octanol–water partition coefficient (Wildman–Crippen LogP) is 1.44. The molecule has 0 spiro atoms. The van der Waals surface area contributed by atoms with Crippen molar-refractivity contribution in [1.29, 1.82) is 0 Å². The summed E-state index contributed by atoms with van der Waals surface area (Å²) in [5.74, 6) is 0.440. The van der Waals surface area contributed by atoms with E-state index in [4.69, 9.17) is 0 Å². The summed E-state index contributed by atoms with van der Waals surface area (Å²) in [6.45, 7) is 11.0. The Hall–Kier alpha value is -0.770. The van der Waals surface area contributed by atoms with E-state index in [0.717, 1.165) is 0 Å². The van der Waals surface area contributed by atoms with Crippen molar-refractivity contribution in [3.63, 3.8) is 0 Å². The zero-order valence-electron chi connectivity index (χ0n) is 10.5. The molecule has 0 rings (SSSR count). The lowest BCUT2D eigenvalue weighted by Crippen LogP contribution is -2.47. The van der Waals surface area contributed by atoms with Crippen LogP contribution in [0.25, 0.3) is 0 Å². The Morgan fingerprint density at radius 2 is 2.00 bits per heavy atom. The Labute approximate surface area is 92.7 Å². The van der Waals surface area contributed by atoms with Gasteiger partial charge in [-0.2, -0.15) is 0 Å².